The van der Waals surface area contributed by atoms with E-state index in [0.717, 1.165) is 25.7 Å². The fraction of sp³-hybridized carbons (Fsp3) is 1.00. The van der Waals surface area contributed by atoms with Gasteiger partial charge in [0.25, 0.3) is 0 Å². The molecule has 0 aliphatic carbocycles. The molecule has 0 aromatic carbocycles. The van der Waals surface area contributed by atoms with Gasteiger partial charge in [0.2, 0.25) is 0 Å². The Kier molecular flexibility index (Phi) is 14.2. The first kappa shape index (κ1) is 18.9. The van der Waals surface area contributed by atoms with Crippen LogP contribution in [0.2, 0.25) is 0 Å². The lowest BCUT2D eigenvalue weighted by molar-refractivity contribution is 0.0729. The summed E-state index contributed by atoms with van der Waals surface area (Å²) >= 11 is 0. The number of ether oxygens (including phenoxy) is 1. The highest BCUT2D eigenvalue weighted by Gasteiger charge is 2.13. The summed E-state index contributed by atoms with van der Waals surface area (Å²) in [5.41, 5.74) is 0. The van der Waals surface area contributed by atoms with Crippen molar-refractivity contribution in [2.75, 3.05) is 26.4 Å². The topological polar surface area (TPSA) is 41.5 Å². The minimum Gasteiger partial charge on any atom is -0.397 e. The Morgan fingerprint density at radius 3 is 2.26 bits per heavy atom. The van der Waals surface area contributed by atoms with E-state index >= 15 is 0 Å². The molecule has 3 nitrogen and oxygen atoms in total. The third kappa shape index (κ3) is 11.4. The van der Waals surface area contributed by atoms with Gasteiger partial charge in [-0.05, 0) is 19.3 Å². The van der Waals surface area contributed by atoms with Crippen LogP contribution in [-0.4, -0.2) is 37.5 Å². The summed E-state index contributed by atoms with van der Waals surface area (Å²) < 4.78 is 5.47. The van der Waals surface area contributed by atoms with Gasteiger partial charge in [0.05, 0.1) is 13.2 Å². The molecule has 0 radical (unpaired) electrons. The number of hydrogen-bond acceptors (Lipinski definition) is 3. The number of morpholine rings is 1. The van der Waals surface area contributed by atoms with Crippen LogP contribution in [-0.2, 0) is 4.74 Å². The third-order valence-electron chi connectivity index (χ3n) is 3.56. The molecule has 0 bridgehead atoms. The van der Waals surface area contributed by atoms with E-state index in [1.165, 1.54) is 44.9 Å². The van der Waals surface area contributed by atoms with Crippen molar-refractivity contribution < 1.29 is 9.84 Å². The molecule has 0 spiro atoms. The Labute approximate surface area is 120 Å². The van der Waals surface area contributed by atoms with Crippen molar-refractivity contribution in [2.45, 2.75) is 71.8 Å². The van der Waals surface area contributed by atoms with Crippen molar-refractivity contribution in [2.24, 2.45) is 5.92 Å². The van der Waals surface area contributed by atoms with E-state index in [1.807, 2.05) is 0 Å². The molecular weight excluding hydrogens is 238 g/mol. The molecule has 0 aromatic rings. The van der Waals surface area contributed by atoms with Gasteiger partial charge in [-0.25, -0.2) is 0 Å². The molecule has 3 heteroatoms. The molecule has 1 aliphatic heterocycles. The molecular formula is C16H35NO2. The van der Waals surface area contributed by atoms with Gasteiger partial charge in [0.15, 0.2) is 0 Å². The van der Waals surface area contributed by atoms with Crippen molar-refractivity contribution >= 4 is 0 Å². The second kappa shape index (κ2) is 14.3. The van der Waals surface area contributed by atoms with Crippen LogP contribution in [0.3, 0.4) is 0 Å². The smallest absolute Gasteiger partial charge is 0.0620 e. The van der Waals surface area contributed by atoms with Crippen LogP contribution in [0.25, 0.3) is 0 Å². The van der Waals surface area contributed by atoms with Crippen molar-refractivity contribution in [3.8, 4) is 0 Å². The lowest BCUT2D eigenvalue weighted by atomic mass is 9.92. The van der Waals surface area contributed by atoms with Crippen LogP contribution in [0.4, 0.5) is 0 Å². The van der Waals surface area contributed by atoms with Gasteiger partial charge in [0, 0.05) is 19.2 Å². The Balaban J connectivity index is 0.000000982. The highest BCUT2D eigenvalue weighted by Crippen LogP contribution is 2.20. The number of aliphatic hydroxyl groups excluding tert-OH is 1. The van der Waals surface area contributed by atoms with Crippen molar-refractivity contribution in [3.63, 3.8) is 0 Å². The molecule has 1 unspecified atom stereocenters. The van der Waals surface area contributed by atoms with Crippen LogP contribution in [0.5, 0.6) is 0 Å². The summed E-state index contributed by atoms with van der Waals surface area (Å²) in [6.45, 7) is 9.40. The first-order valence-electron chi connectivity index (χ1n) is 8.20. The molecule has 1 saturated heterocycles. The molecule has 0 aromatic heterocycles. The molecule has 1 heterocycles. The van der Waals surface area contributed by atoms with Crippen molar-refractivity contribution in [3.05, 3.63) is 0 Å². The molecule has 116 valence electrons. The Hall–Kier alpha value is -0.120. The molecule has 0 amide bonds. The van der Waals surface area contributed by atoms with E-state index in [2.05, 4.69) is 19.2 Å². The summed E-state index contributed by atoms with van der Waals surface area (Å²) in [5, 5.41) is 11.1. The summed E-state index contributed by atoms with van der Waals surface area (Å²) in [5.74, 6) is 0.972. The van der Waals surface area contributed by atoms with Gasteiger partial charge in [0.1, 0.15) is 0 Å². The van der Waals surface area contributed by atoms with Crippen LogP contribution in [0, 0.1) is 5.92 Å². The van der Waals surface area contributed by atoms with E-state index in [9.17, 15) is 0 Å². The number of rotatable bonds is 8. The number of hydrogen-bond donors (Lipinski definition) is 2. The zero-order valence-electron chi connectivity index (χ0n) is 13.3. The minimum atomic E-state index is 0.250. The fourth-order valence-corrected chi connectivity index (χ4v) is 2.71. The zero-order chi connectivity index (χ0) is 14.3. The molecule has 19 heavy (non-hydrogen) atoms. The SMILES string of the molecule is CCCC(CCC)CCCC1COCCN1.CCO. The van der Waals surface area contributed by atoms with E-state index in [0.29, 0.717) is 6.04 Å². The normalized spacial score (nSPS) is 19.1. The standard InChI is InChI=1S/C14H29NO.C2H6O/c1-3-6-13(7-4-2)8-5-9-14-12-16-11-10-15-14;1-2-3/h13-15H,3-12H2,1-2H3;3H,2H2,1H3. The molecule has 1 fully saturated rings. The van der Waals surface area contributed by atoms with Gasteiger partial charge in [-0.3, -0.25) is 0 Å². The maximum atomic E-state index is 7.57. The summed E-state index contributed by atoms with van der Waals surface area (Å²) in [6.07, 6.45) is 9.60. The van der Waals surface area contributed by atoms with Gasteiger partial charge < -0.3 is 15.2 Å². The van der Waals surface area contributed by atoms with Gasteiger partial charge >= 0.3 is 0 Å². The van der Waals surface area contributed by atoms with Crippen molar-refractivity contribution in [1.82, 2.24) is 5.32 Å². The predicted octanol–water partition coefficient (Wildman–Crippen LogP) is 3.36. The average molecular weight is 273 g/mol. The highest BCUT2D eigenvalue weighted by molar-refractivity contribution is 4.70. The Morgan fingerprint density at radius 1 is 1.16 bits per heavy atom. The van der Waals surface area contributed by atoms with E-state index in [4.69, 9.17) is 9.84 Å². The maximum Gasteiger partial charge on any atom is 0.0620 e. The quantitative estimate of drug-likeness (QED) is 0.712. The maximum absolute atomic E-state index is 7.57. The van der Waals surface area contributed by atoms with E-state index < -0.39 is 0 Å². The Morgan fingerprint density at radius 2 is 1.79 bits per heavy atom. The molecule has 2 N–H and O–H groups in total. The monoisotopic (exact) mass is 273 g/mol. The molecule has 1 aliphatic rings. The number of aliphatic hydroxyl groups is 1. The lowest BCUT2D eigenvalue weighted by Crippen LogP contribution is -2.41. The van der Waals surface area contributed by atoms with Gasteiger partial charge in [-0.15, -0.1) is 0 Å². The first-order chi connectivity index (χ1) is 9.28. The highest BCUT2D eigenvalue weighted by atomic mass is 16.5. The van der Waals surface area contributed by atoms with Gasteiger partial charge in [-0.1, -0.05) is 52.4 Å². The third-order valence-corrected chi connectivity index (χ3v) is 3.56. The van der Waals surface area contributed by atoms with E-state index in [1.54, 1.807) is 6.92 Å². The summed E-state index contributed by atoms with van der Waals surface area (Å²) in [6, 6.07) is 0.623. The van der Waals surface area contributed by atoms with Crippen LogP contribution in [0.1, 0.15) is 65.7 Å². The minimum absolute atomic E-state index is 0.250. The number of nitrogens with one attached hydrogen (secondary N) is 1. The fourth-order valence-electron chi connectivity index (χ4n) is 2.71. The van der Waals surface area contributed by atoms with Crippen molar-refractivity contribution in [1.29, 1.82) is 0 Å². The van der Waals surface area contributed by atoms with Crippen LogP contribution >= 0.6 is 0 Å². The summed E-state index contributed by atoms with van der Waals surface area (Å²) in [7, 11) is 0. The molecule has 1 rings (SSSR count). The van der Waals surface area contributed by atoms with Crippen LogP contribution < -0.4 is 5.32 Å². The molecule has 1 atom stereocenters. The van der Waals surface area contributed by atoms with Crippen LogP contribution in [0.15, 0.2) is 0 Å². The zero-order valence-corrected chi connectivity index (χ0v) is 13.3. The summed E-state index contributed by atoms with van der Waals surface area (Å²) in [4.78, 5) is 0. The average Bonchev–Trinajstić information content (AvgIpc) is 2.41. The Bertz CT molecular complexity index is 164. The lowest BCUT2D eigenvalue weighted by Gasteiger charge is -2.24. The predicted molar refractivity (Wildman–Crippen MR) is 82.5 cm³/mol. The molecule has 0 saturated carbocycles. The first-order valence-corrected chi connectivity index (χ1v) is 8.20. The van der Waals surface area contributed by atoms with E-state index in [-0.39, 0.29) is 6.61 Å². The van der Waals surface area contributed by atoms with Gasteiger partial charge in [-0.2, -0.15) is 0 Å². The second-order valence-corrected chi connectivity index (χ2v) is 5.42. The second-order valence-electron chi connectivity index (χ2n) is 5.42. The largest absolute Gasteiger partial charge is 0.397 e.